The maximum Gasteiger partial charge on any atom is 0.274 e. The van der Waals surface area contributed by atoms with Crippen LogP contribution in [-0.2, 0) is 11.3 Å². The predicted molar refractivity (Wildman–Crippen MR) is 101 cm³/mol. The topological polar surface area (TPSA) is 71.5 Å². The molecule has 0 saturated carbocycles. The minimum Gasteiger partial charge on any atom is -0.370 e. The largest absolute Gasteiger partial charge is 0.370 e. The lowest BCUT2D eigenvalue weighted by Crippen LogP contribution is -2.40. The molecule has 142 valence electrons. The van der Waals surface area contributed by atoms with E-state index in [1.54, 1.807) is 18.6 Å². The van der Waals surface area contributed by atoms with Crippen LogP contribution < -0.4 is 4.90 Å². The maximum atomic E-state index is 12.6. The van der Waals surface area contributed by atoms with Gasteiger partial charge in [-0.15, -0.1) is 0 Å². The van der Waals surface area contributed by atoms with Crippen LogP contribution in [0.1, 0.15) is 41.9 Å². The molecule has 2 saturated heterocycles. The number of nitrogens with zero attached hydrogens (tertiary/aromatic N) is 5. The molecular formula is C20H25N5O2. The fraction of sp³-hybridized carbons (Fsp3) is 0.500. The summed E-state index contributed by atoms with van der Waals surface area (Å²) in [6, 6.07) is 5.85. The van der Waals surface area contributed by atoms with Crippen LogP contribution >= 0.6 is 0 Å². The van der Waals surface area contributed by atoms with E-state index >= 15 is 0 Å². The van der Waals surface area contributed by atoms with Crippen molar-refractivity contribution in [3.05, 3.63) is 48.2 Å². The molecule has 4 heterocycles. The van der Waals surface area contributed by atoms with Gasteiger partial charge in [0, 0.05) is 32.4 Å². The summed E-state index contributed by atoms with van der Waals surface area (Å²) in [6.07, 6.45) is 9.40. The first kappa shape index (κ1) is 17.9. The minimum absolute atomic E-state index is 0.0122. The molecule has 2 fully saturated rings. The Bertz CT molecular complexity index is 764. The van der Waals surface area contributed by atoms with Crippen LogP contribution in [0, 0.1) is 0 Å². The van der Waals surface area contributed by atoms with Gasteiger partial charge in [-0.05, 0) is 37.8 Å². The number of aromatic nitrogens is 3. The Morgan fingerprint density at radius 2 is 2.04 bits per heavy atom. The predicted octanol–water partition coefficient (Wildman–Crippen LogP) is 2.29. The number of rotatable bonds is 5. The second kappa shape index (κ2) is 8.43. The summed E-state index contributed by atoms with van der Waals surface area (Å²) >= 11 is 0. The van der Waals surface area contributed by atoms with Crippen molar-refractivity contribution in [1.29, 1.82) is 0 Å². The van der Waals surface area contributed by atoms with Gasteiger partial charge in [-0.3, -0.25) is 14.8 Å². The van der Waals surface area contributed by atoms with Gasteiger partial charge < -0.3 is 14.5 Å². The molecule has 7 nitrogen and oxygen atoms in total. The normalized spacial score (nSPS) is 20.1. The minimum atomic E-state index is -0.0122. The van der Waals surface area contributed by atoms with Gasteiger partial charge in [-0.1, -0.05) is 6.07 Å². The average molecular weight is 367 g/mol. The quantitative estimate of drug-likeness (QED) is 0.807. The van der Waals surface area contributed by atoms with E-state index in [2.05, 4.69) is 19.9 Å². The number of likely N-dealkylation sites (tertiary alicyclic amines) is 1. The highest BCUT2D eigenvalue weighted by atomic mass is 16.5. The molecule has 1 amide bonds. The molecule has 0 spiro atoms. The van der Waals surface area contributed by atoms with E-state index in [0.717, 1.165) is 63.4 Å². The van der Waals surface area contributed by atoms with Crippen LogP contribution in [0.15, 0.2) is 36.8 Å². The second-order valence-corrected chi connectivity index (χ2v) is 7.10. The van der Waals surface area contributed by atoms with Gasteiger partial charge in [0.05, 0.1) is 30.8 Å². The highest BCUT2D eigenvalue weighted by molar-refractivity contribution is 5.92. The standard InChI is InChI=1S/C20H25N5O2/c26-20(24-9-3-4-10-24)18-12-21-13-19(23-18)25-11-5-7-17(14-25)27-15-16-6-1-2-8-22-16/h1-2,6,8,12-13,17H,3-5,7,9-11,14-15H2. The fourth-order valence-electron chi connectivity index (χ4n) is 3.66. The van der Waals surface area contributed by atoms with Crippen molar-refractivity contribution in [2.24, 2.45) is 0 Å². The van der Waals surface area contributed by atoms with Crippen LogP contribution in [0.25, 0.3) is 0 Å². The number of hydrogen-bond donors (Lipinski definition) is 0. The summed E-state index contributed by atoms with van der Waals surface area (Å²) in [7, 11) is 0. The van der Waals surface area contributed by atoms with Crippen molar-refractivity contribution in [1.82, 2.24) is 19.9 Å². The SMILES string of the molecule is O=C(c1cncc(N2CCCC(OCc3ccccn3)C2)n1)N1CCCC1. The van der Waals surface area contributed by atoms with Gasteiger partial charge in [-0.2, -0.15) is 0 Å². The van der Waals surface area contributed by atoms with Gasteiger partial charge in [-0.25, -0.2) is 4.98 Å². The maximum absolute atomic E-state index is 12.6. The lowest BCUT2D eigenvalue weighted by atomic mass is 10.1. The molecule has 1 unspecified atom stereocenters. The second-order valence-electron chi connectivity index (χ2n) is 7.10. The van der Waals surface area contributed by atoms with Crippen molar-refractivity contribution < 1.29 is 9.53 Å². The molecule has 2 aromatic heterocycles. The first-order valence-corrected chi connectivity index (χ1v) is 9.67. The molecule has 2 aromatic rings. The number of carbonyl (C=O) groups excluding carboxylic acids is 1. The van der Waals surface area contributed by atoms with Crippen LogP contribution in [-0.4, -0.2) is 58.0 Å². The van der Waals surface area contributed by atoms with Crippen LogP contribution in [0.2, 0.25) is 0 Å². The van der Waals surface area contributed by atoms with E-state index in [9.17, 15) is 4.79 Å². The molecule has 27 heavy (non-hydrogen) atoms. The Kier molecular flexibility index (Phi) is 5.58. The van der Waals surface area contributed by atoms with E-state index in [1.165, 1.54) is 0 Å². The summed E-state index contributed by atoms with van der Waals surface area (Å²) in [6.45, 7) is 3.80. The summed E-state index contributed by atoms with van der Waals surface area (Å²) < 4.78 is 6.05. The Morgan fingerprint density at radius 3 is 2.85 bits per heavy atom. The van der Waals surface area contributed by atoms with Gasteiger partial charge >= 0.3 is 0 Å². The van der Waals surface area contributed by atoms with E-state index in [4.69, 9.17) is 4.74 Å². The highest BCUT2D eigenvalue weighted by Gasteiger charge is 2.25. The Hall–Kier alpha value is -2.54. The van der Waals surface area contributed by atoms with Gasteiger partial charge in [0.15, 0.2) is 0 Å². The number of pyridine rings is 1. The molecule has 4 rings (SSSR count). The number of ether oxygens (including phenoxy) is 1. The molecule has 0 aromatic carbocycles. The zero-order chi connectivity index (χ0) is 18.5. The van der Waals surface area contributed by atoms with Crippen molar-refractivity contribution in [3.8, 4) is 0 Å². The molecule has 2 aliphatic heterocycles. The summed E-state index contributed by atoms with van der Waals surface area (Å²) in [5.41, 5.74) is 1.37. The number of anilines is 1. The molecule has 1 atom stereocenters. The Balaban J connectivity index is 1.39. The van der Waals surface area contributed by atoms with Crippen LogP contribution in [0.3, 0.4) is 0 Å². The van der Waals surface area contributed by atoms with Crippen molar-refractivity contribution >= 4 is 11.7 Å². The third-order valence-electron chi connectivity index (χ3n) is 5.13. The Morgan fingerprint density at radius 1 is 1.15 bits per heavy atom. The Labute approximate surface area is 159 Å². The third-order valence-corrected chi connectivity index (χ3v) is 5.13. The van der Waals surface area contributed by atoms with Crippen molar-refractivity contribution in [2.75, 3.05) is 31.1 Å². The molecule has 7 heteroatoms. The van der Waals surface area contributed by atoms with E-state index in [0.29, 0.717) is 12.3 Å². The number of amides is 1. The summed E-state index contributed by atoms with van der Waals surface area (Å²) in [5.74, 6) is 0.744. The van der Waals surface area contributed by atoms with Gasteiger partial charge in [0.25, 0.3) is 5.91 Å². The smallest absolute Gasteiger partial charge is 0.274 e. The number of piperidine rings is 1. The summed E-state index contributed by atoms with van der Waals surface area (Å²) in [5, 5.41) is 0. The summed E-state index contributed by atoms with van der Waals surface area (Å²) in [4.78, 5) is 29.8. The zero-order valence-electron chi connectivity index (χ0n) is 15.5. The molecule has 2 aliphatic rings. The monoisotopic (exact) mass is 367 g/mol. The third kappa shape index (κ3) is 4.42. The molecular weight excluding hydrogens is 342 g/mol. The lowest BCUT2D eigenvalue weighted by Gasteiger charge is -2.33. The van der Waals surface area contributed by atoms with Crippen molar-refractivity contribution in [2.45, 2.75) is 38.4 Å². The lowest BCUT2D eigenvalue weighted by molar-refractivity contribution is 0.0297. The number of carbonyl (C=O) groups is 1. The molecule has 0 radical (unpaired) electrons. The van der Waals surface area contributed by atoms with E-state index in [1.807, 2.05) is 23.1 Å². The molecule has 0 bridgehead atoms. The average Bonchev–Trinajstić information content (AvgIpc) is 3.28. The molecule has 0 aliphatic carbocycles. The molecule has 0 N–H and O–H groups in total. The van der Waals surface area contributed by atoms with Crippen LogP contribution in [0.5, 0.6) is 0 Å². The van der Waals surface area contributed by atoms with E-state index < -0.39 is 0 Å². The number of hydrogen-bond acceptors (Lipinski definition) is 6. The van der Waals surface area contributed by atoms with Gasteiger partial charge in [0.2, 0.25) is 0 Å². The van der Waals surface area contributed by atoms with Crippen LogP contribution in [0.4, 0.5) is 5.82 Å². The zero-order valence-corrected chi connectivity index (χ0v) is 15.5. The van der Waals surface area contributed by atoms with Gasteiger partial charge in [0.1, 0.15) is 11.5 Å². The van der Waals surface area contributed by atoms with Crippen molar-refractivity contribution in [3.63, 3.8) is 0 Å². The first-order valence-electron chi connectivity index (χ1n) is 9.67. The first-order chi connectivity index (χ1) is 13.3. The fourth-order valence-corrected chi connectivity index (χ4v) is 3.66. The highest BCUT2D eigenvalue weighted by Crippen LogP contribution is 2.21. The van der Waals surface area contributed by atoms with E-state index in [-0.39, 0.29) is 12.0 Å².